The number of hydrogen-bond acceptors (Lipinski definition) is 1. The Morgan fingerprint density at radius 1 is 1.00 bits per heavy atom. The summed E-state index contributed by atoms with van der Waals surface area (Å²) < 4.78 is 0. The van der Waals surface area contributed by atoms with E-state index in [0.717, 1.165) is 22.3 Å². The van der Waals surface area contributed by atoms with Crippen LogP contribution >= 0.6 is 0 Å². The predicted octanol–water partition coefficient (Wildman–Crippen LogP) is 4.55. The molecule has 1 aromatic carbocycles. The zero-order valence-corrected chi connectivity index (χ0v) is 10.8. The Bertz CT molecular complexity index is 553. The third-order valence-electron chi connectivity index (χ3n) is 4.07. The second-order valence-corrected chi connectivity index (χ2v) is 5.28. The van der Waals surface area contributed by atoms with Gasteiger partial charge in [-0.05, 0) is 43.7 Å². The molecule has 1 fully saturated rings. The Labute approximate surface area is 108 Å². The summed E-state index contributed by atoms with van der Waals surface area (Å²) in [5, 5.41) is 0. The second kappa shape index (κ2) is 4.56. The van der Waals surface area contributed by atoms with Crippen LogP contribution in [0.25, 0.3) is 5.57 Å². The lowest BCUT2D eigenvalue weighted by Crippen LogP contribution is -1.99. The van der Waals surface area contributed by atoms with Crippen molar-refractivity contribution in [3.63, 3.8) is 0 Å². The third-order valence-corrected chi connectivity index (χ3v) is 4.07. The lowest BCUT2D eigenvalue weighted by molar-refractivity contribution is 0.104. The van der Waals surface area contributed by atoms with Gasteiger partial charge < -0.3 is 0 Å². The maximum atomic E-state index is 12.4. The van der Waals surface area contributed by atoms with Crippen LogP contribution in [-0.2, 0) is 0 Å². The minimum Gasteiger partial charge on any atom is -0.289 e. The summed E-state index contributed by atoms with van der Waals surface area (Å²) in [4.78, 5) is 12.4. The molecule has 0 spiro atoms. The van der Waals surface area contributed by atoms with Crippen LogP contribution < -0.4 is 0 Å². The van der Waals surface area contributed by atoms with E-state index in [1.807, 2.05) is 18.2 Å². The van der Waals surface area contributed by atoms with Crippen LogP contribution in [0.2, 0.25) is 0 Å². The van der Waals surface area contributed by atoms with Gasteiger partial charge in [0.2, 0.25) is 0 Å². The highest BCUT2D eigenvalue weighted by Crippen LogP contribution is 2.35. The first-order valence-electron chi connectivity index (χ1n) is 6.82. The highest BCUT2D eigenvalue weighted by atomic mass is 16.1. The maximum Gasteiger partial charge on any atom is 0.193 e. The highest BCUT2D eigenvalue weighted by Gasteiger charge is 2.25. The molecule has 0 bridgehead atoms. The van der Waals surface area contributed by atoms with Crippen molar-refractivity contribution in [1.29, 1.82) is 0 Å². The number of carbonyl (C=O) groups is 1. The van der Waals surface area contributed by atoms with Crippen molar-refractivity contribution in [2.75, 3.05) is 0 Å². The Morgan fingerprint density at radius 2 is 1.67 bits per heavy atom. The predicted molar refractivity (Wildman–Crippen MR) is 74.5 cm³/mol. The van der Waals surface area contributed by atoms with Gasteiger partial charge in [0, 0.05) is 11.1 Å². The molecule has 0 atom stereocenters. The molecule has 18 heavy (non-hydrogen) atoms. The molecule has 2 aliphatic rings. The summed E-state index contributed by atoms with van der Waals surface area (Å²) in [7, 11) is 0. The van der Waals surface area contributed by atoms with Gasteiger partial charge in [-0.15, -0.1) is 0 Å². The molecular formula is C17H18O. The van der Waals surface area contributed by atoms with Crippen molar-refractivity contribution in [1.82, 2.24) is 0 Å². The summed E-state index contributed by atoms with van der Waals surface area (Å²) in [5.74, 6) is 0.209. The molecule has 0 aliphatic heterocycles. The van der Waals surface area contributed by atoms with Crippen molar-refractivity contribution >= 4 is 11.4 Å². The minimum atomic E-state index is 0.209. The van der Waals surface area contributed by atoms with Crippen LogP contribution in [0.15, 0.2) is 41.5 Å². The lowest BCUT2D eigenvalue weighted by atomic mass is 9.92. The van der Waals surface area contributed by atoms with Crippen LogP contribution in [0.3, 0.4) is 0 Å². The zero-order valence-electron chi connectivity index (χ0n) is 10.8. The Balaban J connectivity index is 1.99. The molecule has 0 N–H and O–H groups in total. The van der Waals surface area contributed by atoms with Crippen LogP contribution in [-0.4, -0.2) is 5.78 Å². The maximum absolute atomic E-state index is 12.4. The smallest absolute Gasteiger partial charge is 0.193 e. The molecule has 0 unspecified atom stereocenters. The average molecular weight is 238 g/mol. The molecule has 0 heterocycles. The van der Waals surface area contributed by atoms with Crippen molar-refractivity contribution in [2.45, 2.75) is 39.0 Å². The molecule has 3 rings (SSSR count). The number of benzene rings is 1. The molecular weight excluding hydrogens is 220 g/mol. The highest BCUT2D eigenvalue weighted by molar-refractivity contribution is 6.22. The Hall–Kier alpha value is -1.63. The van der Waals surface area contributed by atoms with E-state index in [9.17, 15) is 4.79 Å². The first-order valence-corrected chi connectivity index (χ1v) is 6.82. The van der Waals surface area contributed by atoms with E-state index in [0.29, 0.717) is 0 Å². The van der Waals surface area contributed by atoms with E-state index in [1.54, 1.807) is 0 Å². The molecule has 1 aromatic rings. The van der Waals surface area contributed by atoms with E-state index in [1.165, 1.54) is 37.7 Å². The van der Waals surface area contributed by atoms with Gasteiger partial charge in [0.1, 0.15) is 0 Å². The minimum absolute atomic E-state index is 0.209. The van der Waals surface area contributed by atoms with Gasteiger partial charge in [0.05, 0.1) is 0 Å². The normalized spacial score (nSPS) is 19.2. The standard InChI is InChI=1S/C17H18O/c1-12-14-9-5-6-10-15(14)17(18)16(12)11-13-7-3-2-4-8-13/h5-6,9-11H,2-4,7-8H2,1H3. The van der Waals surface area contributed by atoms with E-state index in [2.05, 4.69) is 19.1 Å². The van der Waals surface area contributed by atoms with Gasteiger partial charge in [-0.1, -0.05) is 42.3 Å². The van der Waals surface area contributed by atoms with Crippen molar-refractivity contribution in [2.24, 2.45) is 0 Å². The monoisotopic (exact) mass is 238 g/mol. The van der Waals surface area contributed by atoms with Gasteiger partial charge >= 0.3 is 0 Å². The summed E-state index contributed by atoms with van der Waals surface area (Å²) in [6, 6.07) is 7.94. The first kappa shape index (κ1) is 11.5. The van der Waals surface area contributed by atoms with Gasteiger partial charge in [-0.25, -0.2) is 0 Å². The molecule has 0 saturated heterocycles. The molecule has 2 aliphatic carbocycles. The van der Waals surface area contributed by atoms with E-state index in [-0.39, 0.29) is 5.78 Å². The fraction of sp³-hybridized carbons (Fsp3) is 0.353. The summed E-state index contributed by atoms with van der Waals surface area (Å²) >= 11 is 0. The molecule has 1 heteroatoms. The molecule has 1 saturated carbocycles. The number of carbonyl (C=O) groups excluding carboxylic acids is 1. The molecule has 0 radical (unpaired) electrons. The molecule has 0 amide bonds. The number of hydrogen-bond donors (Lipinski definition) is 0. The second-order valence-electron chi connectivity index (χ2n) is 5.28. The van der Waals surface area contributed by atoms with E-state index >= 15 is 0 Å². The van der Waals surface area contributed by atoms with Gasteiger partial charge in [-0.3, -0.25) is 4.79 Å². The van der Waals surface area contributed by atoms with Crippen LogP contribution in [0.1, 0.15) is 54.9 Å². The quantitative estimate of drug-likeness (QED) is 0.701. The number of rotatable bonds is 1. The van der Waals surface area contributed by atoms with Crippen molar-refractivity contribution < 1.29 is 4.79 Å². The summed E-state index contributed by atoms with van der Waals surface area (Å²) in [6.07, 6.45) is 8.39. The molecule has 1 nitrogen and oxygen atoms in total. The number of fused-ring (bicyclic) bond motifs is 1. The average Bonchev–Trinajstić information content (AvgIpc) is 2.66. The van der Waals surface area contributed by atoms with Crippen LogP contribution in [0, 0.1) is 0 Å². The molecule has 92 valence electrons. The largest absolute Gasteiger partial charge is 0.289 e. The van der Waals surface area contributed by atoms with Gasteiger partial charge in [-0.2, -0.15) is 0 Å². The third kappa shape index (κ3) is 1.84. The van der Waals surface area contributed by atoms with Crippen molar-refractivity contribution in [3.05, 3.63) is 52.6 Å². The zero-order chi connectivity index (χ0) is 12.5. The Morgan fingerprint density at radius 3 is 2.33 bits per heavy atom. The summed E-state index contributed by atoms with van der Waals surface area (Å²) in [5.41, 5.74) is 5.52. The van der Waals surface area contributed by atoms with E-state index in [4.69, 9.17) is 0 Å². The number of Topliss-reactive ketones (excluding diaryl/α,β-unsaturated/α-hetero) is 1. The fourth-order valence-corrected chi connectivity index (χ4v) is 3.00. The van der Waals surface area contributed by atoms with Crippen LogP contribution in [0.5, 0.6) is 0 Å². The summed E-state index contributed by atoms with van der Waals surface area (Å²) in [6.45, 7) is 2.07. The number of ketones is 1. The Kier molecular flexibility index (Phi) is 2.91. The van der Waals surface area contributed by atoms with Gasteiger partial charge in [0.15, 0.2) is 5.78 Å². The number of allylic oxidation sites excluding steroid dienone is 4. The topological polar surface area (TPSA) is 17.1 Å². The fourth-order valence-electron chi connectivity index (χ4n) is 3.00. The molecule has 0 aromatic heterocycles. The van der Waals surface area contributed by atoms with Crippen LogP contribution in [0.4, 0.5) is 0 Å². The first-order chi connectivity index (χ1) is 8.77. The lowest BCUT2D eigenvalue weighted by Gasteiger charge is -2.13. The SMILES string of the molecule is CC1=C(C=C2CCCCC2)C(=O)c2ccccc21. The van der Waals surface area contributed by atoms with E-state index < -0.39 is 0 Å². The van der Waals surface area contributed by atoms with Gasteiger partial charge in [0.25, 0.3) is 0 Å². The van der Waals surface area contributed by atoms with Crippen molar-refractivity contribution in [3.8, 4) is 0 Å².